The second-order valence-corrected chi connectivity index (χ2v) is 3.17. The summed E-state index contributed by atoms with van der Waals surface area (Å²) >= 11 is 0. The van der Waals surface area contributed by atoms with E-state index in [4.69, 9.17) is 4.42 Å². The number of hydrogen-bond acceptors (Lipinski definition) is 4. The number of aromatic nitrogens is 2. The number of carbonyl (C=O) groups excluding carboxylic acids is 1. The lowest BCUT2D eigenvalue weighted by Gasteiger charge is -1.98. The van der Waals surface area contributed by atoms with Crippen LogP contribution in [0.15, 0.2) is 35.1 Å². The predicted octanol–water partition coefficient (Wildman–Crippen LogP) is 1.80. The van der Waals surface area contributed by atoms with Gasteiger partial charge in [0.05, 0.1) is 12.7 Å². The molecule has 0 aliphatic carbocycles. The van der Waals surface area contributed by atoms with E-state index in [0.717, 1.165) is 0 Å². The number of Topliss-reactive ketones (excluding diaryl/α,β-unsaturated/α-hetero) is 1. The summed E-state index contributed by atoms with van der Waals surface area (Å²) in [5, 5.41) is 0. The number of aryl methyl sites for hydroxylation is 1. The van der Waals surface area contributed by atoms with Gasteiger partial charge in [-0.2, -0.15) is 0 Å². The number of hydrogen-bond donors (Lipinski definition) is 0. The van der Waals surface area contributed by atoms with Gasteiger partial charge in [-0.1, -0.05) is 0 Å². The highest BCUT2D eigenvalue weighted by Crippen LogP contribution is 2.06. The molecule has 0 aromatic carbocycles. The normalized spacial score (nSPS) is 10.2. The fourth-order valence-corrected chi connectivity index (χ4v) is 1.27. The van der Waals surface area contributed by atoms with E-state index in [1.165, 1.54) is 0 Å². The van der Waals surface area contributed by atoms with E-state index in [0.29, 0.717) is 17.3 Å². The molecule has 0 spiro atoms. The number of rotatable bonds is 3. The largest absolute Gasteiger partial charge is 0.469 e. The van der Waals surface area contributed by atoms with Gasteiger partial charge in [-0.25, -0.2) is 9.97 Å². The van der Waals surface area contributed by atoms with Crippen molar-refractivity contribution in [1.82, 2.24) is 9.97 Å². The Morgan fingerprint density at radius 3 is 3.00 bits per heavy atom. The third-order valence-electron chi connectivity index (χ3n) is 1.98. The lowest BCUT2D eigenvalue weighted by Crippen LogP contribution is -2.06. The maximum atomic E-state index is 11.7. The van der Waals surface area contributed by atoms with Crippen molar-refractivity contribution in [3.63, 3.8) is 0 Å². The summed E-state index contributed by atoms with van der Waals surface area (Å²) in [7, 11) is 0. The molecule has 2 heterocycles. The van der Waals surface area contributed by atoms with Crippen molar-refractivity contribution < 1.29 is 9.21 Å². The summed E-state index contributed by atoms with van der Waals surface area (Å²) < 4.78 is 5.09. The van der Waals surface area contributed by atoms with Crippen molar-refractivity contribution in [2.24, 2.45) is 0 Å². The number of carbonyl (C=O) groups is 1. The van der Waals surface area contributed by atoms with Crippen molar-refractivity contribution in [2.75, 3.05) is 0 Å². The molecule has 4 heteroatoms. The molecule has 2 rings (SSSR count). The Bertz CT molecular complexity index is 463. The Morgan fingerprint density at radius 1 is 1.47 bits per heavy atom. The maximum Gasteiger partial charge on any atom is 0.188 e. The molecule has 2 aromatic rings. The minimum Gasteiger partial charge on any atom is -0.469 e. The second kappa shape index (κ2) is 4.04. The van der Waals surface area contributed by atoms with E-state index in [-0.39, 0.29) is 12.2 Å². The van der Waals surface area contributed by atoms with Gasteiger partial charge in [0.2, 0.25) is 0 Å². The Labute approximate surface area is 87.0 Å². The number of ketones is 1. The van der Waals surface area contributed by atoms with Gasteiger partial charge in [0.25, 0.3) is 0 Å². The van der Waals surface area contributed by atoms with Crippen LogP contribution in [0.5, 0.6) is 0 Å². The lowest BCUT2D eigenvalue weighted by molar-refractivity contribution is 0.0982. The molecule has 0 bridgehead atoms. The van der Waals surface area contributed by atoms with Crippen molar-refractivity contribution in [3.05, 3.63) is 47.9 Å². The third-order valence-corrected chi connectivity index (χ3v) is 1.98. The standard InChI is InChI=1S/C11H10N2O2/c1-8-12-5-4-10(13-8)11(14)7-9-3-2-6-15-9/h2-6H,7H2,1H3. The number of furan rings is 1. The average Bonchev–Trinajstić information content (AvgIpc) is 2.70. The molecule has 15 heavy (non-hydrogen) atoms. The summed E-state index contributed by atoms with van der Waals surface area (Å²) in [4.78, 5) is 19.7. The van der Waals surface area contributed by atoms with Gasteiger partial charge in [-0.05, 0) is 25.1 Å². The summed E-state index contributed by atoms with van der Waals surface area (Å²) in [5.41, 5.74) is 0.430. The number of nitrogens with zero attached hydrogens (tertiary/aromatic N) is 2. The van der Waals surface area contributed by atoms with Gasteiger partial charge in [0.1, 0.15) is 17.3 Å². The van der Waals surface area contributed by atoms with Crippen LogP contribution in [-0.2, 0) is 6.42 Å². The van der Waals surface area contributed by atoms with E-state index in [2.05, 4.69) is 9.97 Å². The highest BCUT2D eigenvalue weighted by Gasteiger charge is 2.10. The molecule has 0 radical (unpaired) electrons. The van der Waals surface area contributed by atoms with Crippen LogP contribution in [0.25, 0.3) is 0 Å². The fourth-order valence-electron chi connectivity index (χ4n) is 1.27. The first-order valence-electron chi connectivity index (χ1n) is 4.61. The first kappa shape index (κ1) is 9.58. The zero-order chi connectivity index (χ0) is 10.7. The molecule has 0 aliphatic rings. The highest BCUT2D eigenvalue weighted by atomic mass is 16.3. The van der Waals surface area contributed by atoms with Gasteiger partial charge in [0.15, 0.2) is 5.78 Å². The Morgan fingerprint density at radius 2 is 2.33 bits per heavy atom. The fraction of sp³-hybridized carbons (Fsp3) is 0.182. The van der Waals surface area contributed by atoms with Crippen LogP contribution in [0.2, 0.25) is 0 Å². The second-order valence-electron chi connectivity index (χ2n) is 3.17. The van der Waals surface area contributed by atoms with Gasteiger partial charge in [-0.15, -0.1) is 0 Å². The zero-order valence-electron chi connectivity index (χ0n) is 8.30. The van der Waals surface area contributed by atoms with Crippen molar-refractivity contribution in [3.8, 4) is 0 Å². The van der Waals surface area contributed by atoms with Crippen molar-refractivity contribution in [2.45, 2.75) is 13.3 Å². The van der Waals surface area contributed by atoms with Crippen LogP contribution in [0.1, 0.15) is 22.1 Å². The van der Waals surface area contributed by atoms with Crippen LogP contribution in [0.3, 0.4) is 0 Å². The predicted molar refractivity (Wildman–Crippen MR) is 53.5 cm³/mol. The molecule has 0 saturated carbocycles. The van der Waals surface area contributed by atoms with Gasteiger partial charge < -0.3 is 4.42 Å². The molecular weight excluding hydrogens is 192 g/mol. The van der Waals surface area contributed by atoms with Crippen LogP contribution in [-0.4, -0.2) is 15.8 Å². The summed E-state index contributed by atoms with van der Waals surface area (Å²) in [6, 6.07) is 5.14. The molecular formula is C11H10N2O2. The van der Waals surface area contributed by atoms with Crippen LogP contribution in [0, 0.1) is 6.92 Å². The molecule has 0 unspecified atom stereocenters. The first-order chi connectivity index (χ1) is 7.25. The van der Waals surface area contributed by atoms with E-state index in [1.807, 2.05) is 0 Å². The van der Waals surface area contributed by atoms with Crippen LogP contribution in [0.4, 0.5) is 0 Å². The van der Waals surface area contributed by atoms with Crippen LogP contribution < -0.4 is 0 Å². The Balaban J connectivity index is 2.15. The van der Waals surface area contributed by atoms with Crippen LogP contribution >= 0.6 is 0 Å². The van der Waals surface area contributed by atoms with E-state index < -0.39 is 0 Å². The molecule has 0 amide bonds. The monoisotopic (exact) mass is 202 g/mol. The molecule has 0 atom stereocenters. The van der Waals surface area contributed by atoms with Gasteiger partial charge in [0, 0.05) is 6.20 Å². The summed E-state index contributed by atoms with van der Waals surface area (Å²) in [6.07, 6.45) is 3.37. The molecule has 0 aliphatic heterocycles. The Kier molecular flexibility index (Phi) is 2.58. The minimum atomic E-state index is -0.0598. The molecule has 76 valence electrons. The smallest absolute Gasteiger partial charge is 0.188 e. The topological polar surface area (TPSA) is 56.0 Å². The Hall–Kier alpha value is -1.97. The highest BCUT2D eigenvalue weighted by molar-refractivity contribution is 5.95. The van der Waals surface area contributed by atoms with Crippen molar-refractivity contribution in [1.29, 1.82) is 0 Å². The molecule has 4 nitrogen and oxygen atoms in total. The zero-order valence-corrected chi connectivity index (χ0v) is 8.30. The molecule has 2 aromatic heterocycles. The van der Waals surface area contributed by atoms with E-state index in [9.17, 15) is 4.79 Å². The average molecular weight is 202 g/mol. The minimum absolute atomic E-state index is 0.0598. The summed E-state index contributed by atoms with van der Waals surface area (Å²) in [6.45, 7) is 1.75. The van der Waals surface area contributed by atoms with Crippen molar-refractivity contribution >= 4 is 5.78 Å². The van der Waals surface area contributed by atoms with E-state index in [1.54, 1.807) is 37.6 Å². The summed E-state index contributed by atoms with van der Waals surface area (Å²) in [5.74, 6) is 1.19. The molecule has 0 N–H and O–H groups in total. The quantitative estimate of drug-likeness (QED) is 0.712. The molecule has 0 fully saturated rings. The first-order valence-corrected chi connectivity index (χ1v) is 4.61. The van der Waals surface area contributed by atoms with E-state index >= 15 is 0 Å². The van der Waals surface area contributed by atoms with Gasteiger partial charge in [-0.3, -0.25) is 4.79 Å². The molecule has 0 saturated heterocycles. The van der Waals surface area contributed by atoms with Gasteiger partial charge >= 0.3 is 0 Å². The third kappa shape index (κ3) is 2.28. The maximum absolute atomic E-state index is 11.7. The lowest BCUT2D eigenvalue weighted by atomic mass is 10.2. The SMILES string of the molecule is Cc1nccc(C(=O)Cc2ccco2)n1.